The van der Waals surface area contributed by atoms with Crippen LogP contribution in [-0.4, -0.2) is 29.6 Å². The number of aliphatic hydroxyl groups is 1. The molecule has 0 amide bonds. The molecule has 0 aliphatic rings. The van der Waals surface area contributed by atoms with Gasteiger partial charge in [0.1, 0.15) is 0 Å². The van der Waals surface area contributed by atoms with Gasteiger partial charge in [0.15, 0.2) is 0 Å². The van der Waals surface area contributed by atoms with Crippen LogP contribution in [0.2, 0.25) is 5.02 Å². The molecule has 1 atom stereocenters. The molecule has 2 nitrogen and oxygen atoms in total. The second kappa shape index (κ2) is 14.1. The Labute approximate surface area is 205 Å². The summed E-state index contributed by atoms with van der Waals surface area (Å²) in [7, 11) is 0. The molecule has 0 aliphatic heterocycles. The molecular formula is C28H39Cl2NO. The molecule has 0 aromatic heterocycles. The summed E-state index contributed by atoms with van der Waals surface area (Å²) in [5.41, 5.74) is 0.984. The van der Waals surface area contributed by atoms with Gasteiger partial charge in [0.2, 0.25) is 0 Å². The molecule has 4 heteroatoms. The lowest BCUT2D eigenvalue weighted by Crippen LogP contribution is -2.31. The van der Waals surface area contributed by atoms with Crippen molar-refractivity contribution in [1.29, 1.82) is 0 Å². The van der Waals surface area contributed by atoms with Crippen molar-refractivity contribution in [2.75, 3.05) is 19.6 Å². The highest BCUT2D eigenvalue weighted by Gasteiger charge is 2.17. The predicted octanol–water partition coefficient (Wildman–Crippen LogP) is 8.56. The van der Waals surface area contributed by atoms with Crippen molar-refractivity contribution >= 4 is 45.6 Å². The first kappa shape index (κ1) is 26.9. The van der Waals surface area contributed by atoms with Crippen molar-refractivity contribution in [2.45, 2.75) is 71.3 Å². The van der Waals surface area contributed by atoms with E-state index in [1.807, 2.05) is 12.1 Å². The summed E-state index contributed by atoms with van der Waals surface area (Å²) in [6, 6.07) is 16.5. The van der Waals surface area contributed by atoms with Gasteiger partial charge in [-0.15, -0.1) is 12.4 Å². The van der Waals surface area contributed by atoms with E-state index in [0.717, 1.165) is 45.2 Å². The third-order valence-corrected chi connectivity index (χ3v) is 6.64. The minimum Gasteiger partial charge on any atom is -0.387 e. The number of hydrogen-bond acceptors (Lipinski definition) is 2. The molecule has 1 N–H and O–H groups in total. The lowest BCUT2D eigenvalue weighted by molar-refractivity contribution is 0.111. The molecule has 3 rings (SSSR count). The minimum absolute atomic E-state index is 0. The lowest BCUT2D eigenvalue weighted by atomic mass is 9.95. The maximum atomic E-state index is 11.3. The molecule has 1 unspecified atom stereocenters. The minimum atomic E-state index is -0.515. The Morgan fingerprint density at radius 3 is 1.94 bits per heavy atom. The summed E-state index contributed by atoms with van der Waals surface area (Å²) in [5.74, 6) is 0. The number of fused-ring (bicyclic) bond motifs is 3. The van der Waals surface area contributed by atoms with E-state index in [2.05, 4.69) is 55.1 Å². The molecule has 0 bridgehead atoms. The molecule has 0 radical (unpaired) electrons. The standard InChI is InChI=1S/C28H38ClNO.ClH/c1-3-5-7-11-18-30(19-12-8-6-4-2)21-28(31)25-17-13-16-23-22-14-9-10-15-24(22)27(29)20-26(23)25;/h9-10,13-17,20,28,31H,3-8,11-12,18-19,21H2,1-2H3;1H. The number of halogens is 2. The zero-order valence-electron chi connectivity index (χ0n) is 19.7. The summed E-state index contributed by atoms with van der Waals surface area (Å²) in [4.78, 5) is 2.47. The van der Waals surface area contributed by atoms with E-state index in [-0.39, 0.29) is 12.4 Å². The quantitative estimate of drug-likeness (QED) is 0.197. The zero-order chi connectivity index (χ0) is 22.1. The predicted molar refractivity (Wildman–Crippen MR) is 143 cm³/mol. The summed E-state index contributed by atoms with van der Waals surface area (Å²) >= 11 is 6.62. The molecule has 0 saturated heterocycles. The highest BCUT2D eigenvalue weighted by molar-refractivity contribution is 6.37. The van der Waals surface area contributed by atoms with Crippen LogP contribution in [0, 0.1) is 0 Å². The Bertz CT molecular complexity index is 947. The Morgan fingerprint density at radius 2 is 1.31 bits per heavy atom. The van der Waals surface area contributed by atoms with Crippen LogP contribution in [0.4, 0.5) is 0 Å². The molecule has 3 aromatic carbocycles. The Kier molecular flexibility index (Phi) is 11.8. The molecule has 0 aliphatic carbocycles. The second-order valence-corrected chi connectivity index (χ2v) is 9.19. The molecule has 0 spiro atoms. The fourth-order valence-electron chi connectivity index (χ4n) is 4.56. The second-order valence-electron chi connectivity index (χ2n) is 8.78. The van der Waals surface area contributed by atoms with Gasteiger partial charge in [-0.05, 0) is 53.7 Å². The fourth-order valence-corrected chi connectivity index (χ4v) is 4.84. The van der Waals surface area contributed by atoms with Crippen molar-refractivity contribution in [2.24, 2.45) is 0 Å². The Balaban J connectivity index is 0.00000363. The van der Waals surface area contributed by atoms with Crippen molar-refractivity contribution < 1.29 is 5.11 Å². The van der Waals surface area contributed by atoms with Gasteiger partial charge >= 0.3 is 0 Å². The number of rotatable bonds is 13. The van der Waals surface area contributed by atoms with Gasteiger partial charge in [0.25, 0.3) is 0 Å². The number of aliphatic hydroxyl groups excluding tert-OH is 1. The summed E-state index contributed by atoms with van der Waals surface area (Å²) in [6.07, 6.45) is 9.54. The van der Waals surface area contributed by atoms with Crippen LogP contribution in [-0.2, 0) is 0 Å². The number of nitrogens with zero attached hydrogens (tertiary/aromatic N) is 1. The average molecular weight is 477 g/mol. The van der Waals surface area contributed by atoms with Crippen molar-refractivity contribution in [1.82, 2.24) is 4.90 Å². The van der Waals surface area contributed by atoms with Gasteiger partial charge in [-0.25, -0.2) is 0 Å². The highest BCUT2D eigenvalue weighted by Crippen LogP contribution is 2.35. The van der Waals surface area contributed by atoms with E-state index in [1.165, 1.54) is 51.4 Å². The van der Waals surface area contributed by atoms with Crippen molar-refractivity contribution in [3.63, 3.8) is 0 Å². The number of unbranched alkanes of at least 4 members (excludes halogenated alkanes) is 6. The fraction of sp³-hybridized carbons (Fsp3) is 0.500. The van der Waals surface area contributed by atoms with Crippen LogP contribution in [0.25, 0.3) is 21.5 Å². The van der Waals surface area contributed by atoms with E-state index in [9.17, 15) is 5.11 Å². The molecule has 3 aromatic rings. The van der Waals surface area contributed by atoms with Crippen LogP contribution in [0.3, 0.4) is 0 Å². The van der Waals surface area contributed by atoms with Gasteiger partial charge in [-0.3, -0.25) is 0 Å². The molecule has 32 heavy (non-hydrogen) atoms. The molecule has 0 saturated carbocycles. The maximum absolute atomic E-state index is 11.3. The summed E-state index contributed by atoms with van der Waals surface area (Å²) < 4.78 is 0. The summed E-state index contributed by atoms with van der Waals surface area (Å²) in [6.45, 7) is 7.32. The smallest absolute Gasteiger partial charge is 0.0922 e. The zero-order valence-corrected chi connectivity index (χ0v) is 21.2. The van der Waals surface area contributed by atoms with Gasteiger partial charge in [0, 0.05) is 17.0 Å². The molecule has 0 fully saturated rings. The van der Waals surface area contributed by atoms with E-state index in [4.69, 9.17) is 11.6 Å². The lowest BCUT2D eigenvalue weighted by Gasteiger charge is -2.26. The SMILES string of the molecule is CCCCCCN(CCCCCC)CC(O)c1cccc2c1cc(Cl)c1ccccc12.Cl. The van der Waals surface area contributed by atoms with Crippen LogP contribution < -0.4 is 0 Å². The topological polar surface area (TPSA) is 23.5 Å². The largest absolute Gasteiger partial charge is 0.387 e. The number of hydrogen-bond donors (Lipinski definition) is 1. The van der Waals surface area contributed by atoms with Crippen LogP contribution in [0.5, 0.6) is 0 Å². The highest BCUT2D eigenvalue weighted by atomic mass is 35.5. The van der Waals surface area contributed by atoms with Crippen molar-refractivity contribution in [3.8, 4) is 0 Å². The first-order chi connectivity index (χ1) is 15.2. The average Bonchev–Trinajstić information content (AvgIpc) is 2.79. The Morgan fingerprint density at radius 1 is 0.750 bits per heavy atom. The monoisotopic (exact) mass is 475 g/mol. The van der Waals surface area contributed by atoms with E-state index < -0.39 is 6.10 Å². The maximum Gasteiger partial charge on any atom is 0.0922 e. The van der Waals surface area contributed by atoms with Crippen LogP contribution in [0.1, 0.15) is 76.9 Å². The van der Waals surface area contributed by atoms with E-state index in [1.54, 1.807) is 0 Å². The van der Waals surface area contributed by atoms with E-state index in [0.29, 0.717) is 6.54 Å². The number of benzene rings is 3. The van der Waals surface area contributed by atoms with Crippen LogP contribution in [0.15, 0.2) is 48.5 Å². The van der Waals surface area contributed by atoms with E-state index >= 15 is 0 Å². The third-order valence-electron chi connectivity index (χ3n) is 6.33. The van der Waals surface area contributed by atoms with Crippen LogP contribution >= 0.6 is 24.0 Å². The molecule has 176 valence electrons. The van der Waals surface area contributed by atoms with Gasteiger partial charge < -0.3 is 10.0 Å². The normalized spacial score (nSPS) is 12.4. The first-order valence-electron chi connectivity index (χ1n) is 12.2. The van der Waals surface area contributed by atoms with Gasteiger partial charge in [-0.1, -0.05) is 106 Å². The first-order valence-corrected chi connectivity index (χ1v) is 12.5. The third kappa shape index (κ3) is 7.09. The molecular weight excluding hydrogens is 437 g/mol. The van der Waals surface area contributed by atoms with Gasteiger partial charge in [0.05, 0.1) is 6.10 Å². The molecule has 0 heterocycles. The van der Waals surface area contributed by atoms with Gasteiger partial charge in [-0.2, -0.15) is 0 Å². The van der Waals surface area contributed by atoms with Crippen molar-refractivity contribution in [3.05, 3.63) is 59.1 Å². The summed E-state index contributed by atoms with van der Waals surface area (Å²) in [5, 5.41) is 16.5. The Hall–Kier alpha value is -1.32.